The molecule has 2 aliphatic rings. The molecule has 0 atom stereocenters. The number of alkyl halides is 3. The summed E-state index contributed by atoms with van der Waals surface area (Å²) in [5.74, 6) is 0.655. The molecular formula is C15H20F3N3. The molecule has 2 aliphatic heterocycles. The fourth-order valence-corrected chi connectivity index (χ4v) is 3.31. The summed E-state index contributed by atoms with van der Waals surface area (Å²) in [4.78, 5) is 8.63. The summed E-state index contributed by atoms with van der Waals surface area (Å²) >= 11 is 0. The highest BCUT2D eigenvalue weighted by atomic mass is 19.4. The van der Waals surface area contributed by atoms with Crippen LogP contribution in [0.25, 0.3) is 0 Å². The predicted molar refractivity (Wildman–Crippen MR) is 75.3 cm³/mol. The molecule has 0 unspecified atom stereocenters. The Hall–Kier alpha value is -1.30. The van der Waals surface area contributed by atoms with Crippen LogP contribution in [0.3, 0.4) is 0 Å². The summed E-state index contributed by atoms with van der Waals surface area (Å²) in [5.41, 5.74) is -0.682. The molecule has 0 saturated carbocycles. The van der Waals surface area contributed by atoms with Gasteiger partial charge in [-0.05, 0) is 50.9 Å². The summed E-state index contributed by atoms with van der Waals surface area (Å²) in [5, 5.41) is 0. The van der Waals surface area contributed by atoms with Crippen LogP contribution in [0.2, 0.25) is 0 Å². The van der Waals surface area contributed by atoms with Crippen molar-refractivity contribution in [3.63, 3.8) is 0 Å². The van der Waals surface area contributed by atoms with Gasteiger partial charge in [0.1, 0.15) is 5.82 Å². The van der Waals surface area contributed by atoms with Gasteiger partial charge in [-0.1, -0.05) is 0 Å². The molecular weight excluding hydrogens is 279 g/mol. The molecule has 0 aliphatic carbocycles. The number of aromatic nitrogens is 1. The number of hydrogen-bond acceptors (Lipinski definition) is 3. The minimum absolute atomic E-state index is 0.637. The summed E-state index contributed by atoms with van der Waals surface area (Å²) in [6.07, 6.45) is 1.35. The van der Waals surface area contributed by atoms with Crippen LogP contribution in [0.1, 0.15) is 31.2 Å². The predicted octanol–water partition coefficient (Wildman–Crippen LogP) is 3.17. The Morgan fingerprint density at radius 2 is 1.67 bits per heavy atom. The Morgan fingerprint density at radius 1 is 1.00 bits per heavy atom. The molecule has 0 N–H and O–H groups in total. The molecule has 3 nitrogen and oxygen atoms in total. The average Bonchev–Trinajstić information content (AvgIpc) is 3.01. The monoisotopic (exact) mass is 299 g/mol. The number of piperidine rings is 1. The van der Waals surface area contributed by atoms with E-state index in [1.165, 1.54) is 32.0 Å². The number of hydrogen-bond donors (Lipinski definition) is 0. The third kappa shape index (κ3) is 3.31. The number of halogens is 3. The lowest BCUT2D eigenvalue weighted by Crippen LogP contribution is -2.44. The Bertz CT molecular complexity index is 458. The van der Waals surface area contributed by atoms with Gasteiger partial charge >= 0.3 is 6.18 Å². The SMILES string of the molecule is FC(F)(F)c1ccc(N2CCC(N3CCCC3)CC2)nc1. The molecule has 0 aromatic carbocycles. The van der Waals surface area contributed by atoms with Crippen LogP contribution < -0.4 is 4.90 Å². The largest absolute Gasteiger partial charge is 0.417 e. The van der Waals surface area contributed by atoms with Gasteiger partial charge in [-0.15, -0.1) is 0 Å². The molecule has 0 amide bonds. The molecule has 1 aromatic heterocycles. The lowest BCUT2D eigenvalue weighted by atomic mass is 10.0. The van der Waals surface area contributed by atoms with Gasteiger partial charge in [0.2, 0.25) is 0 Å². The Kier molecular flexibility index (Phi) is 4.06. The molecule has 3 rings (SSSR count). The second-order valence-corrected chi connectivity index (χ2v) is 5.86. The van der Waals surface area contributed by atoms with Crippen molar-refractivity contribution in [1.82, 2.24) is 9.88 Å². The third-order valence-electron chi connectivity index (χ3n) is 4.52. The molecule has 116 valence electrons. The normalized spacial score (nSPS) is 22.0. The van der Waals surface area contributed by atoms with Crippen molar-refractivity contribution in [2.24, 2.45) is 0 Å². The van der Waals surface area contributed by atoms with E-state index >= 15 is 0 Å². The van der Waals surface area contributed by atoms with Crippen LogP contribution in [-0.2, 0) is 6.18 Å². The quantitative estimate of drug-likeness (QED) is 0.836. The molecule has 2 fully saturated rings. The maximum Gasteiger partial charge on any atom is 0.417 e. The zero-order chi connectivity index (χ0) is 14.9. The Balaban J connectivity index is 1.59. The van der Waals surface area contributed by atoms with Gasteiger partial charge in [0.15, 0.2) is 0 Å². The van der Waals surface area contributed by atoms with Crippen molar-refractivity contribution in [1.29, 1.82) is 0 Å². The van der Waals surface area contributed by atoms with Crippen LogP contribution in [0.5, 0.6) is 0 Å². The van der Waals surface area contributed by atoms with Crippen molar-refractivity contribution >= 4 is 5.82 Å². The number of pyridine rings is 1. The van der Waals surface area contributed by atoms with E-state index in [2.05, 4.69) is 14.8 Å². The van der Waals surface area contributed by atoms with Crippen molar-refractivity contribution in [2.45, 2.75) is 37.9 Å². The minimum atomic E-state index is -4.31. The third-order valence-corrected chi connectivity index (χ3v) is 4.52. The summed E-state index contributed by atoms with van der Waals surface area (Å²) < 4.78 is 37.6. The molecule has 3 heterocycles. The van der Waals surface area contributed by atoms with Crippen LogP contribution in [-0.4, -0.2) is 42.1 Å². The maximum absolute atomic E-state index is 12.5. The number of rotatable bonds is 2. The van der Waals surface area contributed by atoms with Crippen molar-refractivity contribution < 1.29 is 13.2 Å². The maximum atomic E-state index is 12.5. The van der Waals surface area contributed by atoms with Crippen molar-refractivity contribution in [2.75, 3.05) is 31.1 Å². The van der Waals surface area contributed by atoms with Crippen LogP contribution in [0, 0.1) is 0 Å². The zero-order valence-corrected chi connectivity index (χ0v) is 11.9. The van der Waals surface area contributed by atoms with E-state index < -0.39 is 11.7 Å². The van der Waals surface area contributed by atoms with Crippen molar-refractivity contribution in [3.8, 4) is 0 Å². The first kappa shape index (κ1) is 14.6. The second-order valence-electron chi connectivity index (χ2n) is 5.86. The standard InChI is InChI=1S/C15H20F3N3/c16-15(17,18)12-3-4-14(19-11-12)21-9-5-13(6-10-21)20-7-1-2-8-20/h3-4,11,13H,1-2,5-10H2. The average molecular weight is 299 g/mol. The van der Waals surface area contributed by atoms with E-state index in [0.29, 0.717) is 11.9 Å². The Labute approximate surface area is 122 Å². The van der Waals surface area contributed by atoms with Crippen LogP contribution >= 0.6 is 0 Å². The molecule has 2 saturated heterocycles. The number of anilines is 1. The van der Waals surface area contributed by atoms with Gasteiger partial charge in [0.05, 0.1) is 5.56 Å². The summed E-state index contributed by atoms with van der Waals surface area (Å²) in [6.45, 7) is 4.14. The summed E-state index contributed by atoms with van der Waals surface area (Å²) in [6, 6.07) is 3.24. The van der Waals surface area contributed by atoms with Crippen molar-refractivity contribution in [3.05, 3.63) is 23.9 Å². The Morgan fingerprint density at radius 3 is 2.19 bits per heavy atom. The first-order valence-corrected chi connectivity index (χ1v) is 7.56. The van der Waals surface area contributed by atoms with Gasteiger partial charge < -0.3 is 9.80 Å². The number of nitrogens with zero attached hydrogens (tertiary/aromatic N) is 3. The molecule has 6 heteroatoms. The van der Waals surface area contributed by atoms with Crippen LogP contribution in [0.4, 0.5) is 19.0 Å². The minimum Gasteiger partial charge on any atom is -0.357 e. The fraction of sp³-hybridized carbons (Fsp3) is 0.667. The lowest BCUT2D eigenvalue weighted by Gasteiger charge is -2.37. The number of likely N-dealkylation sites (tertiary alicyclic amines) is 1. The van der Waals surface area contributed by atoms with Gasteiger partial charge in [-0.2, -0.15) is 13.2 Å². The van der Waals surface area contributed by atoms with E-state index in [-0.39, 0.29) is 0 Å². The molecule has 0 spiro atoms. The smallest absolute Gasteiger partial charge is 0.357 e. The van der Waals surface area contributed by atoms with Gasteiger partial charge in [-0.25, -0.2) is 4.98 Å². The molecule has 0 radical (unpaired) electrons. The molecule has 1 aromatic rings. The zero-order valence-electron chi connectivity index (χ0n) is 11.9. The first-order valence-electron chi connectivity index (χ1n) is 7.56. The van der Waals surface area contributed by atoms with E-state index in [1.807, 2.05) is 0 Å². The highest BCUT2D eigenvalue weighted by Crippen LogP contribution is 2.30. The first-order chi connectivity index (χ1) is 10.0. The fourth-order valence-electron chi connectivity index (χ4n) is 3.31. The van der Waals surface area contributed by atoms with E-state index in [0.717, 1.165) is 38.2 Å². The highest BCUT2D eigenvalue weighted by molar-refractivity contribution is 5.40. The van der Waals surface area contributed by atoms with Gasteiger partial charge in [0, 0.05) is 25.3 Å². The lowest BCUT2D eigenvalue weighted by molar-refractivity contribution is -0.137. The van der Waals surface area contributed by atoms with Crippen LogP contribution in [0.15, 0.2) is 18.3 Å². The highest BCUT2D eigenvalue weighted by Gasteiger charge is 2.31. The molecule has 21 heavy (non-hydrogen) atoms. The van der Waals surface area contributed by atoms with E-state index in [4.69, 9.17) is 0 Å². The van der Waals surface area contributed by atoms with Gasteiger partial charge in [0.25, 0.3) is 0 Å². The summed E-state index contributed by atoms with van der Waals surface area (Å²) in [7, 11) is 0. The van der Waals surface area contributed by atoms with Gasteiger partial charge in [-0.3, -0.25) is 0 Å². The second kappa shape index (κ2) is 5.83. The topological polar surface area (TPSA) is 19.4 Å². The van der Waals surface area contributed by atoms with E-state index in [9.17, 15) is 13.2 Å². The van der Waals surface area contributed by atoms with E-state index in [1.54, 1.807) is 0 Å². The molecule has 0 bridgehead atoms.